The zero-order chi connectivity index (χ0) is 12.6. The van der Waals surface area contributed by atoms with Crippen LogP contribution in [-0.2, 0) is 7.05 Å². The number of aromatic amines is 1. The van der Waals surface area contributed by atoms with Crippen molar-refractivity contribution in [3.8, 4) is 11.3 Å². The minimum absolute atomic E-state index is 0.366. The van der Waals surface area contributed by atoms with Crippen molar-refractivity contribution < 1.29 is 0 Å². The first-order valence-corrected chi connectivity index (χ1v) is 5.50. The molecule has 1 N–H and O–H groups in total. The van der Waals surface area contributed by atoms with E-state index in [0.717, 1.165) is 4.57 Å². The van der Waals surface area contributed by atoms with Gasteiger partial charge in [-0.15, -0.1) is 0 Å². The molecule has 0 aliphatic rings. The Bertz CT molecular complexity index is 657. The molecule has 17 heavy (non-hydrogen) atoms. The topological polar surface area (TPSA) is 54.9 Å². The van der Waals surface area contributed by atoms with Crippen LogP contribution in [0.2, 0.25) is 10.0 Å². The van der Waals surface area contributed by atoms with Crippen molar-refractivity contribution >= 4 is 23.2 Å². The molecule has 1 aromatic carbocycles. The second-order valence-electron chi connectivity index (χ2n) is 3.51. The number of nitrogens with one attached hydrogen (secondary N) is 1. The van der Waals surface area contributed by atoms with Crippen LogP contribution in [-0.4, -0.2) is 9.55 Å². The molecular formula is C11H8Cl2N2O2. The molecule has 0 unspecified atom stereocenters. The van der Waals surface area contributed by atoms with E-state index in [1.54, 1.807) is 18.2 Å². The summed E-state index contributed by atoms with van der Waals surface area (Å²) in [5.41, 5.74) is 0.194. The van der Waals surface area contributed by atoms with Gasteiger partial charge in [0.15, 0.2) is 0 Å². The van der Waals surface area contributed by atoms with Gasteiger partial charge in [-0.1, -0.05) is 29.3 Å². The molecule has 2 rings (SSSR count). The highest BCUT2D eigenvalue weighted by atomic mass is 35.5. The standard InChI is InChI=1S/C11H8Cl2N2O2/c1-15-10(16)5-9(14-11(15)17)6-2-3-7(12)8(13)4-6/h2-5H,1H3,(H,14,17). The third-order valence-electron chi connectivity index (χ3n) is 2.38. The molecule has 0 aliphatic carbocycles. The number of hydrogen-bond donors (Lipinski definition) is 1. The highest BCUT2D eigenvalue weighted by Gasteiger charge is 2.05. The van der Waals surface area contributed by atoms with Crippen LogP contribution in [0, 0.1) is 0 Å². The smallest absolute Gasteiger partial charge is 0.307 e. The lowest BCUT2D eigenvalue weighted by atomic mass is 10.1. The van der Waals surface area contributed by atoms with E-state index in [2.05, 4.69) is 4.98 Å². The number of hydrogen-bond acceptors (Lipinski definition) is 2. The molecule has 6 heteroatoms. The SMILES string of the molecule is Cn1c(=O)cc(-c2ccc(Cl)c(Cl)c2)[nH]c1=O. The first kappa shape index (κ1) is 12.0. The molecule has 4 nitrogen and oxygen atoms in total. The number of benzene rings is 1. The van der Waals surface area contributed by atoms with Gasteiger partial charge in [-0.05, 0) is 17.7 Å². The van der Waals surface area contributed by atoms with Gasteiger partial charge >= 0.3 is 5.69 Å². The Morgan fingerprint density at radius 1 is 1.12 bits per heavy atom. The van der Waals surface area contributed by atoms with Gasteiger partial charge in [-0.2, -0.15) is 0 Å². The largest absolute Gasteiger partial charge is 0.328 e. The zero-order valence-corrected chi connectivity index (χ0v) is 10.3. The van der Waals surface area contributed by atoms with Gasteiger partial charge in [0.05, 0.1) is 15.7 Å². The number of halogens is 2. The fraction of sp³-hybridized carbons (Fsp3) is 0.0909. The van der Waals surface area contributed by atoms with E-state index >= 15 is 0 Å². The molecule has 0 fully saturated rings. The van der Waals surface area contributed by atoms with E-state index in [0.29, 0.717) is 21.3 Å². The summed E-state index contributed by atoms with van der Waals surface area (Å²) >= 11 is 11.7. The molecule has 0 amide bonds. The summed E-state index contributed by atoms with van der Waals surface area (Å²) in [7, 11) is 1.40. The van der Waals surface area contributed by atoms with Gasteiger partial charge in [-0.25, -0.2) is 4.79 Å². The summed E-state index contributed by atoms with van der Waals surface area (Å²) in [5.74, 6) is 0. The number of nitrogens with zero attached hydrogens (tertiary/aromatic N) is 1. The second-order valence-corrected chi connectivity index (χ2v) is 4.33. The third kappa shape index (κ3) is 2.28. The van der Waals surface area contributed by atoms with Crippen molar-refractivity contribution in [3.05, 3.63) is 55.1 Å². The van der Waals surface area contributed by atoms with Crippen LogP contribution in [0.25, 0.3) is 11.3 Å². The minimum Gasteiger partial charge on any atom is -0.307 e. The summed E-state index contributed by atoms with van der Waals surface area (Å²) in [5, 5.41) is 0.785. The Morgan fingerprint density at radius 2 is 1.82 bits per heavy atom. The van der Waals surface area contributed by atoms with E-state index in [4.69, 9.17) is 23.2 Å². The molecule has 1 aromatic heterocycles. The van der Waals surface area contributed by atoms with Gasteiger partial charge in [0.2, 0.25) is 0 Å². The summed E-state index contributed by atoms with van der Waals surface area (Å²) in [4.78, 5) is 25.5. The fourth-order valence-electron chi connectivity index (χ4n) is 1.37. The van der Waals surface area contributed by atoms with E-state index < -0.39 is 5.69 Å². The second kappa shape index (κ2) is 4.39. The van der Waals surface area contributed by atoms with Crippen molar-refractivity contribution in [1.82, 2.24) is 9.55 Å². The average molecular weight is 271 g/mol. The normalized spacial score (nSPS) is 10.5. The molecule has 0 atom stereocenters. The molecule has 0 bridgehead atoms. The maximum absolute atomic E-state index is 11.5. The predicted octanol–water partition coefficient (Wildman–Crippen LogP) is 2.05. The van der Waals surface area contributed by atoms with Crippen molar-refractivity contribution in [1.29, 1.82) is 0 Å². The fourth-order valence-corrected chi connectivity index (χ4v) is 1.67. The van der Waals surface area contributed by atoms with E-state index in [1.807, 2.05) is 0 Å². The highest BCUT2D eigenvalue weighted by Crippen LogP contribution is 2.26. The van der Waals surface area contributed by atoms with E-state index in [9.17, 15) is 9.59 Å². The van der Waals surface area contributed by atoms with Gasteiger partial charge in [0, 0.05) is 13.1 Å². The van der Waals surface area contributed by atoms with Gasteiger partial charge in [-0.3, -0.25) is 9.36 Å². The molecule has 0 saturated carbocycles. The summed E-state index contributed by atoms with van der Waals surface area (Å²) < 4.78 is 0.987. The molecule has 0 aliphatic heterocycles. The Hall–Kier alpha value is -1.52. The first-order chi connectivity index (χ1) is 7.99. The summed E-state index contributed by atoms with van der Waals surface area (Å²) in [6.45, 7) is 0. The van der Waals surface area contributed by atoms with Crippen LogP contribution in [0.3, 0.4) is 0 Å². The summed E-state index contributed by atoms with van der Waals surface area (Å²) in [6.07, 6.45) is 0. The average Bonchev–Trinajstić information content (AvgIpc) is 2.29. The Balaban J connectivity index is 2.65. The van der Waals surface area contributed by atoms with E-state index in [1.165, 1.54) is 13.1 Å². The molecule has 0 radical (unpaired) electrons. The maximum atomic E-state index is 11.5. The molecule has 88 valence electrons. The van der Waals surface area contributed by atoms with Crippen LogP contribution in [0.4, 0.5) is 0 Å². The molecule has 2 aromatic rings. The molecule has 0 saturated heterocycles. The number of aromatic nitrogens is 2. The van der Waals surface area contributed by atoms with Gasteiger partial charge in [0.25, 0.3) is 5.56 Å². The third-order valence-corrected chi connectivity index (χ3v) is 3.11. The van der Waals surface area contributed by atoms with Crippen molar-refractivity contribution in [2.24, 2.45) is 7.05 Å². The molecule has 1 heterocycles. The van der Waals surface area contributed by atoms with Crippen LogP contribution in [0.1, 0.15) is 0 Å². The van der Waals surface area contributed by atoms with Crippen LogP contribution in [0.5, 0.6) is 0 Å². The zero-order valence-electron chi connectivity index (χ0n) is 8.83. The van der Waals surface area contributed by atoms with Gasteiger partial charge < -0.3 is 4.98 Å². The quantitative estimate of drug-likeness (QED) is 0.863. The van der Waals surface area contributed by atoms with E-state index in [-0.39, 0.29) is 5.56 Å². The van der Waals surface area contributed by atoms with Crippen molar-refractivity contribution in [3.63, 3.8) is 0 Å². The highest BCUT2D eigenvalue weighted by molar-refractivity contribution is 6.42. The Labute approximate surface area is 106 Å². The van der Waals surface area contributed by atoms with Crippen LogP contribution in [0.15, 0.2) is 33.9 Å². The first-order valence-electron chi connectivity index (χ1n) is 4.75. The summed E-state index contributed by atoms with van der Waals surface area (Å²) in [6, 6.07) is 6.21. The Kier molecular flexibility index (Phi) is 3.09. The molecule has 0 spiro atoms. The lowest BCUT2D eigenvalue weighted by molar-refractivity contribution is 0.778. The lowest BCUT2D eigenvalue weighted by Gasteiger charge is -2.04. The predicted molar refractivity (Wildman–Crippen MR) is 67.8 cm³/mol. The molecular weight excluding hydrogens is 263 g/mol. The van der Waals surface area contributed by atoms with Crippen LogP contribution >= 0.6 is 23.2 Å². The van der Waals surface area contributed by atoms with Crippen molar-refractivity contribution in [2.75, 3.05) is 0 Å². The lowest BCUT2D eigenvalue weighted by Crippen LogP contribution is -2.32. The van der Waals surface area contributed by atoms with Crippen LogP contribution < -0.4 is 11.2 Å². The van der Waals surface area contributed by atoms with Gasteiger partial charge in [0.1, 0.15) is 0 Å². The van der Waals surface area contributed by atoms with Crippen molar-refractivity contribution in [2.45, 2.75) is 0 Å². The number of H-pyrrole nitrogens is 1. The monoisotopic (exact) mass is 270 g/mol. The Morgan fingerprint density at radius 3 is 2.41 bits per heavy atom. The minimum atomic E-state index is -0.474. The number of rotatable bonds is 1. The maximum Gasteiger partial charge on any atom is 0.328 e.